The van der Waals surface area contributed by atoms with Crippen LogP contribution in [0.2, 0.25) is 0 Å². The summed E-state index contributed by atoms with van der Waals surface area (Å²) < 4.78 is 0. The smallest absolute Gasteiger partial charge is 0.242 e. The van der Waals surface area contributed by atoms with Crippen LogP contribution in [0.3, 0.4) is 0 Å². The summed E-state index contributed by atoms with van der Waals surface area (Å²) in [6, 6.07) is 6.58. The average molecular weight is 274 g/mol. The van der Waals surface area contributed by atoms with Crippen molar-refractivity contribution in [2.45, 2.75) is 46.6 Å². The number of aryl methyl sites for hydroxylation is 2. The molecule has 2 atom stereocenters. The number of nitrogens with zero attached hydrogens (tertiary/aromatic N) is 1. The van der Waals surface area contributed by atoms with E-state index in [9.17, 15) is 4.79 Å². The number of carbonyl (C=O) groups is 1. The molecule has 20 heavy (non-hydrogen) atoms. The number of hydrogen-bond acceptors (Lipinski definition) is 2. The number of para-hydroxylation sites is 1. The molecule has 1 aliphatic rings. The third-order valence-electron chi connectivity index (χ3n) is 4.66. The Morgan fingerprint density at radius 3 is 2.55 bits per heavy atom. The number of hydrogen-bond donors (Lipinski definition) is 1. The Kier molecular flexibility index (Phi) is 4.69. The summed E-state index contributed by atoms with van der Waals surface area (Å²) in [7, 11) is 0. The maximum atomic E-state index is 12.4. The van der Waals surface area contributed by atoms with Crippen molar-refractivity contribution in [3.05, 3.63) is 29.3 Å². The number of nitrogens with one attached hydrogen (secondary N) is 1. The highest BCUT2D eigenvalue weighted by Crippen LogP contribution is 2.27. The summed E-state index contributed by atoms with van der Waals surface area (Å²) in [5.74, 6) is 0.884. The second-order valence-electron chi connectivity index (χ2n) is 5.91. The van der Waals surface area contributed by atoms with Crippen LogP contribution in [0.25, 0.3) is 0 Å². The lowest BCUT2D eigenvalue weighted by Crippen LogP contribution is -2.39. The lowest BCUT2D eigenvalue weighted by atomic mass is 9.99. The normalized spacial score (nSPS) is 22.1. The molecule has 1 aliphatic heterocycles. The molecule has 1 fully saturated rings. The van der Waals surface area contributed by atoms with E-state index >= 15 is 0 Å². The van der Waals surface area contributed by atoms with Crippen LogP contribution in [0.4, 0.5) is 5.69 Å². The van der Waals surface area contributed by atoms with Gasteiger partial charge >= 0.3 is 0 Å². The lowest BCUT2D eigenvalue weighted by Gasteiger charge is -2.25. The number of carbonyl (C=O) groups excluding carboxylic acids is 1. The van der Waals surface area contributed by atoms with Crippen LogP contribution < -0.4 is 5.32 Å². The van der Waals surface area contributed by atoms with Crippen LogP contribution >= 0.6 is 0 Å². The Bertz CT molecular complexity index is 464. The highest BCUT2D eigenvalue weighted by Gasteiger charge is 2.32. The van der Waals surface area contributed by atoms with E-state index in [1.807, 2.05) is 11.0 Å². The van der Waals surface area contributed by atoms with Crippen LogP contribution in [0.5, 0.6) is 0 Å². The van der Waals surface area contributed by atoms with Gasteiger partial charge in [-0.3, -0.25) is 4.79 Å². The van der Waals surface area contributed by atoms with Crippen molar-refractivity contribution >= 4 is 11.6 Å². The highest BCUT2D eigenvalue weighted by molar-refractivity contribution is 5.82. The van der Waals surface area contributed by atoms with E-state index in [4.69, 9.17) is 0 Å². The quantitative estimate of drug-likeness (QED) is 0.913. The van der Waals surface area contributed by atoms with Gasteiger partial charge in [-0.2, -0.15) is 0 Å². The molecule has 1 N–H and O–H groups in total. The fourth-order valence-electron chi connectivity index (χ4n) is 3.26. The summed E-state index contributed by atoms with van der Waals surface area (Å²) in [6.45, 7) is 9.85. The Morgan fingerprint density at radius 1 is 1.35 bits per heavy atom. The minimum absolute atomic E-state index is 0.219. The van der Waals surface area contributed by atoms with Gasteiger partial charge < -0.3 is 10.2 Å². The first kappa shape index (κ1) is 14.9. The van der Waals surface area contributed by atoms with Crippen molar-refractivity contribution in [1.29, 1.82) is 0 Å². The first-order chi connectivity index (χ1) is 9.54. The molecule has 0 saturated carbocycles. The monoisotopic (exact) mass is 274 g/mol. The van der Waals surface area contributed by atoms with E-state index in [2.05, 4.69) is 45.1 Å². The number of benzene rings is 1. The van der Waals surface area contributed by atoms with Gasteiger partial charge in [0.1, 0.15) is 0 Å². The average Bonchev–Trinajstić information content (AvgIpc) is 2.79. The summed E-state index contributed by atoms with van der Waals surface area (Å²) >= 11 is 0. The number of anilines is 1. The molecule has 0 unspecified atom stereocenters. The predicted molar refractivity (Wildman–Crippen MR) is 84.0 cm³/mol. The molecule has 1 aromatic carbocycles. The summed E-state index contributed by atoms with van der Waals surface area (Å²) in [6.07, 6.45) is 2.31. The molecule has 0 bridgehead atoms. The molecule has 0 radical (unpaired) electrons. The van der Waals surface area contributed by atoms with Crippen molar-refractivity contribution < 1.29 is 4.79 Å². The van der Waals surface area contributed by atoms with Gasteiger partial charge in [-0.1, -0.05) is 31.5 Å². The van der Waals surface area contributed by atoms with Gasteiger partial charge in [-0.25, -0.2) is 0 Å². The molecule has 0 spiro atoms. The Hall–Kier alpha value is -1.51. The Labute approximate surface area is 122 Å². The molecule has 1 amide bonds. The van der Waals surface area contributed by atoms with Gasteiger partial charge in [0.25, 0.3) is 0 Å². The van der Waals surface area contributed by atoms with Crippen LogP contribution in [0, 0.1) is 19.8 Å². The van der Waals surface area contributed by atoms with E-state index in [1.165, 1.54) is 11.1 Å². The van der Waals surface area contributed by atoms with Crippen molar-refractivity contribution in [2.75, 3.05) is 18.4 Å². The zero-order valence-electron chi connectivity index (χ0n) is 13.1. The van der Waals surface area contributed by atoms with Gasteiger partial charge in [0.15, 0.2) is 0 Å². The van der Waals surface area contributed by atoms with Gasteiger partial charge in [0.2, 0.25) is 5.91 Å². The molecule has 1 heterocycles. The van der Waals surface area contributed by atoms with Crippen LogP contribution in [0.1, 0.15) is 37.8 Å². The zero-order valence-corrected chi connectivity index (χ0v) is 13.1. The van der Waals surface area contributed by atoms with E-state index in [0.717, 1.165) is 25.1 Å². The minimum Gasteiger partial charge on any atom is -0.376 e. The van der Waals surface area contributed by atoms with Crippen molar-refractivity contribution in [1.82, 2.24) is 4.90 Å². The van der Waals surface area contributed by atoms with Gasteiger partial charge in [-0.05, 0) is 44.2 Å². The van der Waals surface area contributed by atoms with Gasteiger partial charge in [0, 0.05) is 18.3 Å². The molecule has 3 heteroatoms. The fraction of sp³-hybridized carbons (Fsp3) is 0.588. The molecule has 3 nitrogen and oxygen atoms in total. The van der Waals surface area contributed by atoms with E-state index in [1.54, 1.807) is 0 Å². The SMILES string of the molecule is CC[C@H]1CCN(C(=O)CNc2c(C)cccc2C)[C@H]1C. The lowest BCUT2D eigenvalue weighted by molar-refractivity contribution is -0.130. The van der Waals surface area contributed by atoms with Gasteiger partial charge in [-0.15, -0.1) is 0 Å². The van der Waals surface area contributed by atoms with Crippen molar-refractivity contribution in [3.63, 3.8) is 0 Å². The topological polar surface area (TPSA) is 32.3 Å². The van der Waals surface area contributed by atoms with E-state index < -0.39 is 0 Å². The molecule has 0 aromatic heterocycles. The molecule has 2 rings (SSSR count). The van der Waals surface area contributed by atoms with Crippen molar-refractivity contribution in [2.24, 2.45) is 5.92 Å². The summed E-state index contributed by atoms with van der Waals surface area (Å²) in [5.41, 5.74) is 3.48. The molecule has 1 aromatic rings. The van der Waals surface area contributed by atoms with Crippen LogP contribution in [0.15, 0.2) is 18.2 Å². The maximum Gasteiger partial charge on any atom is 0.242 e. The second-order valence-corrected chi connectivity index (χ2v) is 5.91. The van der Waals surface area contributed by atoms with Crippen LogP contribution in [-0.4, -0.2) is 29.9 Å². The fourth-order valence-corrected chi connectivity index (χ4v) is 3.26. The molecule has 1 saturated heterocycles. The summed E-state index contributed by atoms with van der Waals surface area (Å²) in [5, 5.41) is 3.32. The maximum absolute atomic E-state index is 12.4. The number of likely N-dealkylation sites (tertiary alicyclic amines) is 1. The van der Waals surface area contributed by atoms with E-state index in [0.29, 0.717) is 18.5 Å². The standard InChI is InChI=1S/C17H26N2O/c1-5-15-9-10-19(14(15)4)16(20)11-18-17-12(2)7-6-8-13(17)3/h6-8,14-15,18H,5,9-11H2,1-4H3/t14-,15-/m0/s1. The first-order valence-corrected chi connectivity index (χ1v) is 7.64. The molecule has 110 valence electrons. The highest BCUT2D eigenvalue weighted by atomic mass is 16.2. The third kappa shape index (κ3) is 2.97. The summed E-state index contributed by atoms with van der Waals surface area (Å²) in [4.78, 5) is 14.4. The second kappa shape index (κ2) is 6.29. The first-order valence-electron chi connectivity index (χ1n) is 7.64. The van der Waals surface area contributed by atoms with Gasteiger partial charge in [0.05, 0.1) is 6.54 Å². The number of amides is 1. The minimum atomic E-state index is 0.219. The van der Waals surface area contributed by atoms with Crippen molar-refractivity contribution in [3.8, 4) is 0 Å². The third-order valence-corrected chi connectivity index (χ3v) is 4.66. The van der Waals surface area contributed by atoms with Crippen LogP contribution in [-0.2, 0) is 4.79 Å². The predicted octanol–water partition coefficient (Wildman–Crippen LogP) is 3.36. The van der Waals surface area contributed by atoms with E-state index in [-0.39, 0.29) is 5.91 Å². The molecular weight excluding hydrogens is 248 g/mol. The Morgan fingerprint density at radius 2 is 2.00 bits per heavy atom. The Balaban J connectivity index is 1.96. The number of rotatable bonds is 4. The zero-order chi connectivity index (χ0) is 14.7. The molecule has 0 aliphatic carbocycles. The largest absolute Gasteiger partial charge is 0.376 e. The molecular formula is C17H26N2O.